The lowest BCUT2D eigenvalue weighted by Gasteiger charge is -2.14. The van der Waals surface area contributed by atoms with Crippen LogP contribution >= 0.6 is 0 Å². The second kappa shape index (κ2) is 10.8. The van der Waals surface area contributed by atoms with Gasteiger partial charge in [0.1, 0.15) is 0 Å². The largest absolute Gasteiger partial charge is 0.393 e. The van der Waals surface area contributed by atoms with E-state index in [1.165, 1.54) is 57.8 Å². The fourth-order valence-corrected chi connectivity index (χ4v) is 2.77. The van der Waals surface area contributed by atoms with Crippen LogP contribution in [0.1, 0.15) is 84.0 Å². The Morgan fingerprint density at radius 1 is 1.06 bits per heavy atom. The second-order valence-corrected chi connectivity index (χ2v) is 5.79. The maximum Gasteiger partial charge on any atom is 0.0600 e. The maximum absolute atomic E-state index is 9.90. The van der Waals surface area contributed by atoms with Crippen LogP contribution < -0.4 is 0 Å². The first-order valence-corrected chi connectivity index (χ1v) is 8.12. The van der Waals surface area contributed by atoms with Gasteiger partial charge < -0.3 is 9.84 Å². The summed E-state index contributed by atoms with van der Waals surface area (Å²) < 4.78 is 5.55. The lowest BCUT2D eigenvalue weighted by molar-refractivity contribution is 0.0496. The third-order valence-electron chi connectivity index (χ3n) is 3.95. The molecule has 2 unspecified atom stereocenters. The highest BCUT2D eigenvalue weighted by Crippen LogP contribution is 2.19. The molecule has 0 bridgehead atoms. The summed E-state index contributed by atoms with van der Waals surface area (Å²) in [6.45, 7) is 3.16. The van der Waals surface area contributed by atoms with Gasteiger partial charge in [0.05, 0.1) is 12.2 Å². The van der Waals surface area contributed by atoms with Crippen LogP contribution in [0.15, 0.2) is 0 Å². The molecule has 2 nitrogen and oxygen atoms in total. The summed E-state index contributed by atoms with van der Waals surface area (Å²) in [4.78, 5) is 0. The van der Waals surface area contributed by atoms with Crippen LogP contribution in [0, 0.1) is 0 Å². The minimum absolute atomic E-state index is 0.131. The monoisotopic (exact) mass is 256 g/mol. The summed E-state index contributed by atoms with van der Waals surface area (Å²) in [6.07, 6.45) is 15.1. The van der Waals surface area contributed by atoms with Crippen molar-refractivity contribution in [2.24, 2.45) is 0 Å². The van der Waals surface area contributed by atoms with E-state index in [1.807, 2.05) is 0 Å². The van der Waals surface area contributed by atoms with Crippen molar-refractivity contribution in [1.82, 2.24) is 0 Å². The zero-order valence-electron chi connectivity index (χ0n) is 12.2. The molecule has 1 N–H and O–H groups in total. The second-order valence-electron chi connectivity index (χ2n) is 5.79. The van der Waals surface area contributed by atoms with Crippen LogP contribution in [0.25, 0.3) is 0 Å². The van der Waals surface area contributed by atoms with Crippen molar-refractivity contribution in [1.29, 1.82) is 0 Å². The summed E-state index contributed by atoms with van der Waals surface area (Å²) in [5, 5.41) is 9.90. The van der Waals surface area contributed by atoms with E-state index in [4.69, 9.17) is 4.74 Å². The summed E-state index contributed by atoms with van der Waals surface area (Å²) in [5.74, 6) is 0. The average Bonchev–Trinajstić information content (AvgIpc) is 2.85. The Morgan fingerprint density at radius 3 is 2.33 bits per heavy atom. The van der Waals surface area contributed by atoms with E-state index >= 15 is 0 Å². The fraction of sp³-hybridized carbons (Fsp3) is 1.00. The summed E-state index contributed by atoms with van der Waals surface area (Å²) in [5.41, 5.74) is 0. The van der Waals surface area contributed by atoms with Gasteiger partial charge in [-0.3, -0.25) is 0 Å². The van der Waals surface area contributed by atoms with Gasteiger partial charge in [-0.2, -0.15) is 0 Å². The van der Waals surface area contributed by atoms with Crippen LogP contribution in [0.4, 0.5) is 0 Å². The highest BCUT2D eigenvalue weighted by molar-refractivity contribution is 4.69. The highest BCUT2D eigenvalue weighted by Gasteiger charge is 2.18. The Labute approximate surface area is 113 Å². The molecule has 2 heteroatoms. The zero-order valence-corrected chi connectivity index (χ0v) is 12.2. The molecule has 1 aliphatic heterocycles. The molecule has 1 aliphatic rings. The molecule has 0 spiro atoms. The maximum atomic E-state index is 9.90. The van der Waals surface area contributed by atoms with Gasteiger partial charge in [-0.15, -0.1) is 0 Å². The number of ether oxygens (including phenoxy) is 1. The SMILES string of the molecule is CCCCCCCCCCC(O)CC1CCCO1. The number of hydrogen-bond acceptors (Lipinski definition) is 2. The Bertz CT molecular complexity index is 176. The van der Waals surface area contributed by atoms with Crippen LogP contribution in [0.5, 0.6) is 0 Å². The van der Waals surface area contributed by atoms with Crippen LogP contribution in [0.3, 0.4) is 0 Å². The molecular weight excluding hydrogens is 224 g/mol. The number of aliphatic hydroxyl groups is 1. The van der Waals surface area contributed by atoms with Crippen molar-refractivity contribution in [2.45, 2.75) is 96.2 Å². The van der Waals surface area contributed by atoms with E-state index < -0.39 is 0 Å². The molecule has 0 aliphatic carbocycles. The topological polar surface area (TPSA) is 29.5 Å². The van der Waals surface area contributed by atoms with Crippen molar-refractivity contribution < 1.29 is 9.84 Å². The molecule has 0 radical (unpaired) electrons. The van der Waals surface area contributed by atoms with E-state index in [-0.39, 0.29) is 6.10 Å². The quantitative estimate of drug-likeness (QED) is 0.553. The molecule has 1 rings (SSSR count). The Morgan fingerprint density at radius 2 is 1.72 bits per heavy atom. The molecule has 1 saturated heterocycles. The number of hydrogen-bond donors (Lipinski definition) is 1. The van der Waals surface area contributed by atoms with Gasteiger partial charge in [-0.05, 0) is 25.7 Å². The van der Waals surface area contributed by atoms with Crippen LogP contribution in [-0.4, -0.2) is 23.9 Å². The van der Waals surface area contributed by atoms with Crippen molar-refractivity contribution in [3.8, 4) is 0 Å². The van der Waals surface area contributed by atoms with E-state index in [2.05, 4.69) is 6.92 Å². The first-order valence-electron chi connectivity index (χ1n) is 8.12. The van der Waals surface area contributed by atoms with Gasteiger partial charge in [0.15, 0.2) is 0 Å². The third-order valence-corrected chi connectivity index (χ3v) is 3.95. The molecule has 0 amide bonds. The predicted molar refractivity (Wildman–Crippen MR) is 76.8 cm³/mol. The van der Waals surface area contributed by atoms with Gasteiger partial charge in [-0.1, -0.05) is 58.3 Å². The fourth-order valence-electron chi connectivity index (χ4n) is 2.77. The van der Waals surface area contributed by atoms with Crippen molar-refractivity contribution in [3.63, 3.8) is 0 Å². The van der Waals surface area contributed by atoms with Gasteiger partial charge in [0, 0.05) is 6.61 Å². The minimum Gasteiger partial charge on any atom is -0.393 e. The van der Waals surface area contributed by atoms with E-state index in [1.54, 1.807) is 0 Å². The molecule has 0 saturated carbocycles. The molecule has 0 aromatic carbocycles. The Balaban J connectivity index is 1.81. The van der Waals surface area contributed by atoms with E-state index in [0.29, 0.717) is 6.10 Å². The smallest absolute Gasteiger partial charge is 0.0600 e. The number of unbranched alkanes of at least 4 members (excludes halogenated alkanes) is 7. The number of aliphatic hydroxyl groups excluding tert-OH is 1. The molecule has 1 fully saturated rings. The Kier molecular flexibility index (Phi) is 9.59. The average molecular weight is 256 g/mol. The standard InChI is InChI=1S/C16H32O2/c1-2-3-4-5-6-7-8-9-11-15(17)14-16-12-10-13-18-16/h15-17H,2-14H2,1H3. The molecular formula is C16H32O2. The van der Waals surface area contributed by atoms with Gasteiger partial charge in [0.25, 0.3) is 0 Å². The third kappa shape index (κ3) is 8.10. The van der Waals surface area contributed by atoms with E-state index in [0.717, 1.165) is 25.9 Å². The van der Waals surface area contributed by atoms with Crippen LogP contribution in [-0.2, 0) is 4.74 Å². The highest BCUT2D eigenvalue weighted by atomic mass is 16.5. The summed E-state index contributed by atoms with van der Waals surface area (Å²) in [7, 11) is 0. The number of rotatable bonds is 11. The zero-order chi connectivity index (χ0) is 13.1. The van der Waals surface area contributed by atoms with Crippen molar-refractivity contribution >= 4 is 0 Å². The predicted octanol–water partition coefficient (Wildman–Crippen LogP) is 4.45. The summed E-state index contributed by atoms with van der Waals surface area (Å²) >= 11 is 0. The first-order chi connectivity index (χ1) is 8.83. The van der Waals surface area contributed by atoms with Crippen molar-refractivity contribution in [3.05, 3.63) is 0 Å². The first kappa shape index (κ1) is 16.0. The lowest BCUT2D eigenvalue weighted by atomic mass is 10.0. The molecule has 18 heavy (non-hydrogen) atoms. The van der Waals surface area contributed by atoms with Gasteiger partial charge in [0.2, 0.25) is 0 Å². The molecule has 2 atom stereocenters. The minimum atomic E-state index is -0.131. The van der Waals surface area contributed by atoms with Crippen LogP contribution in [0.2, 0.25) is 0 Å². The van der Waals surface area contributed by atoms with Gasteiger partial charge in [-0.25, -0.2) is 0 Å². The molecule has 0 aromatic rings. The Hall–Kier alpha value is -0.0800. The molecule has 1 heterocycles. The molecule has 108 valence electrons. The van der Waals surface area contributed by atoms with Crippen molar-refractivity contribution in [2.75, 3.05) is 6.61 Å². The normalized spacial score (nSPS) is 21.3. The van der Waals surface area contributed by atoms with Gasteiger partial charge >= 0.3 is 0 Å². The summed E-state index contributed by atoms with van der Waals surface area (Å²) in [6, 6.07) is 0. The lowest BCUT2D eigenvalue weighted by Crippen LogP contribution is -2.16. The van der Waals surface area contributed by atoms with E-state index in [9.17, 15) is 5.11 Å². The molecule has 0 aromatic heterocycles.